The standard InChI is InChI=1S/C35H42N10O3/c1-21-29(14-15-30(39-21)34(47)40-27-16-17-38-20-27)24-6-2-22(3-7-24)18-31(32(37)46)45(35(48)26-8-4-23(19-36)5-9-26)28-12-10-25(11-13-28)33-41-43-44-42-33/h2-3,6-7,10-15,23,26-27,31,38H,4-5,8-9,16-20,36H2,1H3,(H2,37,46)(H,40,47)(H,41,42,43,44)/t23?,26?,27-,31-/m0/s1. The summed E-state index contributed by atoms with van der Waals surface area (Å²) in [5, 5.41) is 20.4. The smallest absolute Gasteiger partial charge is 0.270 e. The molecule has 2 aromatic heterocycles. The Hall–Kier alpha value is -5.01. The number of amides is 3. The van der Waals surface area contributed by atoms with Crippen molar-refractivity contribution in [1.29, 1.82) is 0 Å². The lowest BCUT2D eigenvalue weighted by molar-refractivity contribution is -0.127. The molecule has 0 bridgehead atoms. The third-order valence-corrected chi connectivity index (χ3v) is 9.56. The molecule has 2 atom stereocenters. The van der Waals surface area contributed by atoms with Crippen LogP contribution in [-0.2, 0) is 16.0 Å². The molecular formula is C35H42N10O3. The van der Waals surface area contributed by atoms with Gasteiger partial charge in [0.2, 0.25) is 17.6 Å². The molecule has 3 amide bonds. The third-order valence-electron chi connectivity index (χ3n) is 9.56. The van der Waals surface area contributed by atoms with Crippen LogP contribution in [0.15, 0.2) is 60.7 Å². The van der Waals surface area contributed by atoms with Crippen LogP contribution in [0.4, 0.5) is 5.69 Å². The highest BCUT2D eigenvalue weighted by Gasteiger charge is 2.36. The number of nitrogens with one attached hydrogen (secondary N) is 3. The summed E-state index contributed by atoms with van der Waals surface area (Å²) in [4.78, 5) is 46.2. The molecule has 6 rings (SSSR count). The molecule has 1 aliphatic carbocycles. The van der Waals surface area contributed by atoms with Crippen molar-refractivity contribution in [2.75, 3.05) is 24.5 Å². The number of benzene rings is 2. The number of anilines is 1. The SMILES string of the molecule is Cc1nc(C(=O)N[C@H]2CCNC2)ccc1-c1ccc(C[C@@H](C(N)=O)N(C(=O)C2CCC(CN)CC2)c2ccc(-c3nn[nH]n3)cc2)cc1. The van der Waals surface area contributed by atoms with Crippen LogP contribution in [0.1, 0.15) is 53.8 Å². The quantitative estimate of drug-likeness (QED) is 0.162. The molecule has 1 aliphatic heterocycles. The number of carbonyl (C=O) groups excluding carboxylic acids is 3. The van der Waals surface area contributed by atoms with Crippen LogP contribution >= 0.6 is 0 Å². The van der Waals surface area contributed by atoms with Crippen LogP contribution < -0.4 is 27.0 Å². The number of tetrazole rings is 1. The second-order valence-electron chi connectivity index (χ2n) is 12.8. The van der Waals surface area contributed by atoms with E-state index in [1.807, 2.05) is 37.3 Å². The van der Waals surface area contributed by atoms with Gasteiger partial charge in [0, 0.05) is 47.4 Å². The second kappa shape index (κ2) is 14.8. The van der Waals surface area contributed by atoms with E-state index in [4.69, 9.17) is 11.5 Å². The number of carbonyl (C=O) groups is 3. The first-order valence-electron chi connectivity index (χ1n) is 16.6. The molecule has 1 saturated heterocycles. The number of pyridine rings is 1. The molecule has 0 unspecified atom stereocenters. The number of hydrogen-bond donors (Lipinski definition) is 5. The fourth-order valence-electron chi connectivity index (χ4n) is 6.75. The van der Waals surface area contributed by atoms with Gasteiger partial charge in [-0.1, -0.05) is 30.3 Å². The Morgan fingerprint density at radius 2 is 1.69 bits per heavy atom. The van der Waals surface area contributed by atoms with Crippen LogP contribution in [0.25, 0.3) is 22.5 Å². The average molecular weight is 651 g/mol. The van der Waals surface area contributed by atoms with E-state index in [1.165, 1.54) is 0 Å². The minimum Gasteiger partial charge on any atom is -0.368 e. The Kier molecular flexibility index (Phi) is 10.2. The third kappa shape index (κ3) is 7.42. The molecule has 7 N–H and O–H groups in total. The first-order valence-corrected chi connectivity index (χ1v) is 16.6. The zero-order valence-electron chi connectivity index (χ0n) is 27.1. The number of primary amides is 1. The normalized spacial score (nSPS) is 19.8. The van der Waals surface area contributed by atoms with Gasteiger partial charge in [0.25, 0.3) is 5.91 Å². The number of aryl methyl sites for hydroxylation is 1. The highest BCUT2D eigenvalue weighted by molar-refractivity contribution is 6.02. The molecule has 3 heterocycles. The van der Waals surface area contributed by atoms with Crippen molar-refractivity contribution < 1.29 is 14.4 Å². The molecule has 250 valence electrons. The summed E-state index contributed by atoms with van der Waals surface area (Å²) >= 11 is 0. The molecule has 2 aromatic carbocycles. The summed E-state index contributed by atoms with van der Waals surface area (Å²) in [6.45, 7) is 4.15. The van der Waals surface area contributed by atoms with Crippen LogP contribution in [0.3, 0.4) is 0 Å². The van der Waals surface area contributed by atoms with Crippen LogP contribution in [0.5, 0.6) is 0 Å². The number of nitrogens with zero attached hydrogens (tertiary/aromatic N) is 5. The first-order chi connectivity index (χ1) is 23.3. The minimum absolute atomic E-state index is 0.115. The molecule has 0 radical (unpaired) electrons. The molecule has 2 fully saturated rings. The van der Waals surface area contributed by atoms with E-state index >= 15 is 0 Å². The first kappa shape index (κ1) is 32.9. The molecule has 1 saturated carbocycles. The Bertz CT molecular complexity index is 1710. The van der Waals surface area contributed by atoms with Crippen molar-refractivity contribution in [3.63, 3.8) is 0 Å². The maximum Gasteiger partial charge on any atom is 0.270 e. The van der Waals surface area contributed by atoms with Gasteiger partial charge in [-0.15, -0.1) is 10.2 Å². The predicted molar refractivity (Wildman–Crippen MR) is 181 cm³/mol. The van der Waals surface area contributed by atoms with Gasteiger partial charge >= 0.3 is 0 Å². The zero-order valence-corrected chi connectivity index (χ0v) is 27.1. The summed E-state index contributed by atoms with van der Waals surface area (Å²) in [5.41, 5.74) is 17.0. The molecule has 0 spiro atoms. The lowest BCUT2D eigenvalue weighted by atomic mass is 9.81. The Morgan fingerprint density at radius 1 is 0.958 bits per heavy atom. The van der Waals surface area contributed by atoms with Crippen molar-refractivity contribution in [2.45, 2.75) is 57.5 Å². The van der Waals surface area contributed by atoms with E-state index in [0.29, 0.717) is 42.5 Å². The average Bonchev–Trinajstić information content (AvgIpc) is 3.84. The second-order valence-corrected chi connectivity index (χ2v) is 12.8. The summed E-state index contributed by atoms with van der Waals surface area (Å²) < 4.78 is 0. The number of aromatic nitrogens is 5. The largest absolute Gasteiger partial charge is 0.368 e. The molecule has 2 aliphatic rings. The number of hydrogen-bond acceptors (Lipinski definition) is 9. The monoisotopic (exact) mass is 650 g/mol. The fraction of sp³-hybridized carbons (Fsp3) is 0.400. The lowest BCUT2D eigenvalue weighted by Crippen LogP contribution is -2.52. The Balaban J connectivity index is 1.22. The molecule has 13 heteroatoms. The van der Waals surface area contributed by atoms with Crippen molar-refractivity contribution in [3.8, 4) is 22.5 Å². The topological polar surface area (TPSA) is 198 Å². The van der Waals surface area contributed by atoms with Gasteiger partial charge in [-0.05, 0) is 105 Å². The van der Waals surface area contributed by atoms with Crippen molar-refractivity contribution in [2.24, 2.45) is 23.3 Å². The summed E-state index contributed by atoms with van der Waals surface area (Å²) in [5.74, 6) is -0.285. The number of rotatable bonds is 11. The molecular weight excluding hydrogens is 608 g/mol. The van der Waals surface area contributed by atoms with Crippen molar-refractivity contribution in [3.05, 3.63) is 77.6 Å². The van der Waals surface area contributed by atoms with E-state index < -0.39 is 11.9 Å². The highest BCUT2D eigenvalue weighted by Crippen LogP contribution is 2.33. The van der Waals surface area contributed by atoms with E-state index in [9.17, 15) is 14.4 Å². The number of H-pyrrole nitrogens is 1. The van der Waals surface area contributed by atoms with Crippen molar-refractivity contribution in [1.82, 2.24) is 36.2 Å². The van der Waals surface area contributed by atoms with Crippen LogP contribution in [-0.4, -0.2) is 75.0 Å². The molecule has 13 nitrogen and oxygen atoms in total. The van der Waals surface area contributed by atoms with Crippen LogP contribution in [0, 0.1) is 18.8 Å². The van der Waals surface area contributed by atoms with Crippen LogP contribution in [0.2, 0.25) is 0 Å². The number of nitrogens with two attached hydrogens (primary N) is 2. The van der Waals surface area contributed by atoms with Gasteiger partial charge in [-0.25, -0.2) is 4.98 Å². The summed E-state index contributed by atoms with van der Waals surface area (Å²) in [6, 6.07) is 17.8. The summed E-state index contributed by atoms with van der Waals surface area (Å²) in [6.07, 6.45) is 4.31. The summed E-state index contributed by atoms with van der Waals surface area (Å²) in [7, 11) is 0. The van der Waals surface area contributed by atoms with E-state index in [0.717, 1.165) is 60.3 Å². The van der Waals surface area contributed by atoms with Crippen molar-refractivity contribution >= 4 is 23.4 Å². The minimum atomic E-state index is -0.914. The van der Waals surface area contributed by atoms with Gasteiger partial charge < -0.3 is 22.1 Å². The van der Waals surface area contributed by atoms with E-state index in [-0.39, 0.29) is 30.2 Å². The molecule has 4 aromatic rings. The number of aromatic amines is 1. The van der Waals surface area contributed by atoms with Gasteiger partial charge in [0.1, 0.15) is 11.7 Å². The molecule has 48 heavy (non-hydrogen) atoms. The maximum atomic E-state index is 14.2. The van der Waals surface area contributed by atoms with Gasteiger partial charge in [0.05, 0.1) is 0 Å². The van der Waals surface area contributed by atoms with Gasteiger partial charge in [0.15, 0.2) is 0 Å². The van der Waals surface area contributed by atoms with Gasteiger partial charge in [-0.3, -0.25) is 19.3 Å². The van der Waals surface area contributed by atoms with Gasteiger partial charge in [-0.2, -0.15) is 5.21 Å². The fourth-order valence-corrected chi connectivity index (χ4v) is 6.75. The van der Waals surface area contributed by atoms with E-state index in [2.05, 4.69) is 36.2 Å². The zero-order chi connectivity index (χ0) is 33.6. The predicted octanol–water partition coefficient (Wildman–Crippen LogP) is 2.52. The van der Waals surface area contributed by atoms with E-state index in [1.54, 1.807) is 35.2 Å². The maximum absolute atomic E-state index is 14.2. The Labute approximate surface area is 279 Å². The highest BCUT2D eigenvalue weighted by atomic mass is 16.2. The lowest BCUT2D eigenvalue weighted by Gasteiger charge is -2.35. The Morgan fingerprint density at radius 3 is 2.29 bits per heavy atom.